The fourth-order valence-corrected chi connectivity index (χ4v) is 2.81. The average Bonchev–Trinajstić information content (AvgIpc) is 2.68. The van der Waals surface area contributed by atoms with E-state index in [1.54, 1.807) is 66.7 Å². The highest BCUT2D eigenvalue weighted by Crippen LogP contribution is 2.27. The van der Waals surface area contributed by atoms with Crippen molar-refractivity contribution in [1.29, 1.82) is 0 Å². The molecule has 0 aromatic heterocycles. The molecule has 0 fully saturated rings. The molecule has 4 nitrogen and oxygen atoms in total. The number of amides is 1. The molecule has 0 saturated carbocycles. The molecule has 0 radical (unpaired) electrons. The van der Waals surface area contributed by atoms with Crippen LogP contribution in [0.4, 0.5) is 5.69 Å². The molecular weight excluding hydrogens is 385 g/mol. The second kappa shape index (κ2) is 8.71. The molecule has 0 saturated heterocycles. The largest absolute Gasteiger partial charge is 0.484 e. The van der Waals surface area contributed by atoms with Gasteiger partial charge in [0, 0.05) is 21.8 Å². The van der Waals surface area contributed by atoms with Gasteiger partial charge in [0.2, 0.25) is 0 Å². The molecule has 0 spiro atoms. The first kappa shape index (κ1) is 19.0. The summed E-state index contributed by atoms with van der Waals surface area (Å²) in [5, 5.41) is 3.62. The second-order valence-electron chi connectivity index (χ2n) is 5.68. The number of benzene rings is 3. The zero-order valence-corrected chi connectivity index (χ0v) is 15.6. The molecule has 0 aliphatic carbocycles. The van der Waals surface area contributed by atoms with Gasteiger partial charge in [-0.3, -0.25) is 9.59 Å². The van der Waals surface area contributed by atoms with Gasteiger partial charge in [0.05, 0.1) is 5.02 Å². The maximum absolute atomic E-state index is 12.3. The minimum atomic E-state index is -0.213. The second-order valence-corrected chi connectivity index (χ2v) is 6.53. The normalized spacial score (nSPS) is 10.3. The SMILES string of the molecule is O=C(COc1ccc(Cl)cc1Cl)c1ccc(NC(=O)c2ccccc2)cc1. The monoisotopic (exact) mass is 399 g/mol. The summed E-state index contributed by atoms with van der Waals surface area (Å²) in [4.78, 5) is 24.4. The van der Waals surface area contributed by atoms with Gasteiger partial charge in [-0.15, -0.1) is 0 Å². The van der Waals surface area contributed by atoms with E-state index in [9.17, 15) is 9.59 Å². The Hall–Kier alpha value is -2.82. The van der Waals surface area contributed by atoms with Gasteiger partial charge in [-0.05, 0) is 54.6 Å². The molecule has 0 bridgehead atoms. The van der Waals surface area contributed by atoms with Crippen molar-refractivity contribution in [2.45, 2.75) is 0 Å². The Bertz CT molecular complexity index is 957. The first-order valence-electron chi connectivity index (χ1n) is 8.10. The molecule has 0 aliphatic rings. The Morgan fingerprint density at radius 1 is 0.852 bits per heavy atom. The molecule has 1 amide bonds. The van der Waals surface area contributed by atoms with Crippen LogP contribution in [0, 0.1) is 0 Å². The summed E-state index contributed by atoms with van der Waals surface area (Å²) >= 11 is 11.8. The third-order valence-electron chi connectivity index (χ3n) is 3.75. The number of hydrogen-bond donors (Lipinski definition) is 1. The maximum Gasteiger partial charge on any atom is 0.255 e. The van der Waals surface area contributed by atoms with Gasteiger partial charge in [0.1, 0.15) is 5.75 Å². The van der Waals surface area contributed by atoms with Gasteiger partial charge in [0.15, 0.2) is 12.4 Å². The summed E-state index contributed by atoms with van der Waals surface area (Å²) in [5.74, 6) is -0.0292. The summed E-state index contributed by atoms with van der Waals surface area (Å²) in [6.45, 7) is -0.156. The summed E-state index contributed by atoms with van der Waals surface area (Å²) < 4.78 is 5.45. The Kier molecular flexibility index (Phi) is 6.12. The molecule has 1 N–H and O–H groups in total. The third kappa shape index (κ3) is 5.09. The van der Waals surface area contributed by atoms with E-state index in [4.69, 9.17) is 27.9 Å². The van der Waals surface area contributed by atoms with Crippen LogP contribution in [0.3, 0.4) is 0 Å². The van der Waals surface area contributed by atoms with Gasteiger partial charge in [-0.2, -0.15) is 0 Å². The molecule has 6 heteroatoms. The van der Waals surface area contributed by atoms with Crippen molar-refractivity contribution in [3.8, 4) is 5.75 Å². The van der Waals surface area contributed by atoms with Gasteiger partial charge >= 0.3 is 0 Å². The van der Waals surface area contributed by atoms with Crippen LogP contribution in [-0.4, -0.2) is 18.3 Å². The lowest BCUT2D eigenvalue weighted by Gasteiger charge is -2.09. The van der Waals surface area contributed by atoms with Crippen LogP contribution in [0.25, 0.3) is 0 Å². The number of Topliss-reactive ketones (excluding diaryl/α,β-unsaturated/α-hetero) is 1. The maximum atomic E-state index is 12.3. The molecule has 136 valence electrons. The van der Waals surface area contributed by atoms with E-state index in [1.807, 2.05) is 6.07 Å². The highest BCUT2D eigenvalue weighted by atomic mass is 35.5. The zero-order chi connectivity index (χ0) is 19.2. The number of anilines is 1. The fourth-order valence-electron chi connectivity index (χ4n) is 2.35. The topological polar surface area (TPSA) is 55.4 Å². The quantitative estimate of drug-likeness (QED) is 0.556. The minimum absolute atomic E-state index is 0.156. The van der Waals surface area contributed by atoms with Crippen LogP contribution in [0.1, 0.15) is 20.7 Å². The van der Waals surface area contributed by atoms with Crippen LogP contribution in [-0.2, 0) is 0 Å². The van der Waals surface area contributed by atoms with Crippen molar-refractivity contribution in [1.82, 2.24) is 0 Å². The van der Waals surface area contributed by atoms with E-state index in [0.29, 0.717) is 32.6 Å². The van der Waals surface area contributed by atoms with Crippen molar-refractivity contribution < 1.29 is 14.3 Å². The molecule has 27 heavy (non-hydrogen) atoms. The number of ketones is 1. The Morgan fingerprint density at radius 3 is 2.22 bits per heavy atom. The molecule has 0 unspecified atom stereocenters. The predicted octanol–water partition coefficient (Wildman–Crippen LogP) is 5.51. The highest BCUT2D eigenvalue weighted by Gasteiger charge is 2.10. The first-order chi connectivity index (χ1) is 13.0. The van der Waals surface area contributed by atoms with Crippen LogP contribution < -0.4 is 10.1 Å². The van der Waals surface area contributed by atoms with Crippen molar-refractivity contribution in [3.05, 3.63) is 94.0 Å². The lowest BCUT2D eigenvalue weighted by atomic mass is 10.1. The molecule has 3 aromatic carbocycles. The van der Waals surface area contributed by atoms with E-state index >= 15 is 0 Å². The third-order valence-corrected chi connectivity index (χ3v) is 4.28. The molecule has 3 rings (SSSR count). The van der Waals surface area contributed by atoms with E-state index in [1.165, 1.54) is 0 Å². The van der Waals surface area contributed by atoms with Crippen molar-refractivity contribution in [2.24, 2.45) is 0 Å². The lowest BCUT2D eigenvalue weighted by molar-refractivity contribution is 0.0921. The summed E-state index contributed by atoms with van der Waals surface area (Å²) in [7, 11) is 0. The van der Waals surface area contributed by atoms with E-state index in [2.05, 4.69) is 5.32 Å². The smallest absolute Gasteiger partial charge is 0.255 e. The zero-order valence-electron chi connectivity index (χ0n) is 14.1. The van der Waals surface area contributed by atoms with Crippen LogP contribution in [0.15, 0.2) is 72.8 Å². The first-order valence-corrected chi connectivity index (χ1v) is 8.86. The van der Waals surface area contributed by atoms with Gasteiger partial charge in [-0.25, -0.2) is 0 Å². The fraction of sp³-hybridized carbons (Fsp3) is 0.0476. The Morgan fingerprint density at radius 2 is 1.56 bits per heavy atom. The van der Waals surface area contributed by atoms with Crippen LogP contribution in [0.2, 0.25) is 10.0 Å². The molecule has 0 heterocycles. The molecule has 0 atom stereocenters. The number of carbonyl (C=O) groups is 2. The Labute approximate surface area is 166 Å². The van der Waals surface area contributed by atoms with Crippen molar-refractivity contribution in [3.63, 3.8) is 0 Å². The van der Waals surface area contributed by atoms with Gasteiger partial charge in [0.25, 0.3) is 5.91 Å². The highest BCUT2D eigenvalue weighted by molar-refractivity contribution is 6.35. The molecular formula is C21H15Cl2NO3. The predicted molar refractivity (Wildman–Crippen MR) is 107 cm³/mol. The van der Waals surface area contributed by atoms with E-state index in [0.717, 1.165) is 0 Å². The van der Waals surface area contributed by atoms with Crippen molar-refractivity contribution in [2.75, 3.05) is 11.9 Å². The number of rotatable bonds is 6. The van der Waals surface area contributed by atoms with E-state index < -0.39 is 0 Å². The van der Waals surface area contributed by atoms with Crippen molar-refractivity contribution >= 4 is 40.6 Å². The van der Waals surface area contributed by atoms with Crippen LogP contribution >= 0.6 is 23.2 Å². The number of nitrogens with one attached hydrogen (secondary N) is 1. The number of ether oxygens (including phenoxy) is 1. The van der Waals surface area contributed by atoms with Gasteiger partial charge < -0.3 is 10.1 Å². The number of halogens is 2. The average molecular weight is 400 g/mol. The van der Waals surface area contributed by atoms with E-state index in [-0.39, 0.29) is 18.3 Å². The lowest BCUT2D eigenvalue weighted by Crippen LogP contribution is -2.13. The Balaban J connectivity index is 1.59. The molecule has 3 aromatic rings. The molecule has 0 aliphatic heterocycles. The number of carbonyl (C=O) groups excluding carboxylic acids is 2. The minimum Gasteiger partial charge on any atom is -0.484 e. The summed E-state index contributed by atoms with van der Waals surface area (Å²) in [6.07, 6.45) is 0. The van der Waals surface area contributed by atoms with Crippen LogP contribution in [0.5, 0.6) is 5.75 Å². The summed E-state index contributed by atoms with van der Waals surface area (Å²) in [6, 6.07) is 20.3. The standard InChI is InChI=1S/C21H15Cl2NO3/c22-16-8-11-20(18(23)12-16)27-13-19(25)14-6-9-17(10-7-14)24-21(26)15-4-2-1-3-5-15/h1-12H,13H2,(H,24,26). The summed E-state index contributed by atoms with van der Waals surface area (Å²) in [5.41, 5.74) is 1.63. The number of hydrogen-bond acceptors (Lipinski definition) is 3. The van der Waals surface area contributed by atoms with Gasteiger partial charge in [-0.1, -0.05) is 41.4 Å².